The second kappa shape index (κ2) is 10.1. The van der Waals surface area contributed by atoms with E-state index in [2.05, 4.69) is 47.5 Å². The highest BCUT2D eigenvalue weighted by Crippen LogP contribution is 2.18. The third-order valence-corrected chi connectivity index (χ3v) is 5.38. The molecule has 1 aliphatic rings. The number of nitriles is 1. The lowest BCUT2D eigenvalue weighted by molar-refractivity contribution is -0.121. The van der Waals surface area contributed by atoms with Crippen LogP contribution in [-0.4, -0.2) is 23.9 Å². The molecule has 0 aromatic heterocycles. The van der Waals surface area contributed by atoms with E-state index in [1.807, 2.05) is 12.1 Å². The Kier molecular flexibility index (Phi) is 7.22. The number of likely N-dealkylation sites (tertiary alicyclic amines) is 1. The fraction of sp³-hybridized carbons (Fsp3) is 0.417. The molecule has 0 radical (unpaired) electrons. The van der Waals surface area contributed by atoms with E-state index in [-0.39, 0.29) is 5.91 Å². The lowest BCUT2D eigenvalue weighted by Crippen LogP contribution is -2.33. The molecule has 0 spiro atoms. The van der Waals surface area contributed by atoms with Crippen LogP contribution in [0.2, 0.25) is 0 Å². The summed E-state index contributed by atoms with van der Waals surface area (Å²) in [5.74, 6) is 0.850. The van der Waals surface area contributed by atoms with Crippen molar-refractivity contribution in [3.8, 4) is 6.07 Å². The zero-order valence-corrected chi connectivity index (χ0v) is 16.7. The van der Waals surface area contributed by atoms with E-state index in [0.29, 0.717) is 24.9 Å². The van der Waals surface area contributed by atoms with Gasteiger partial charge in [-0.05, 0) is 60.5 Å². The molecular formula is C24H29N3O. The van der Waals surface area contributed by atoms with Crippen molar-refractivity contribution in [2.24, 2.45) is 5.92 Å². The maximum Gasteiger partial charge on any atom is 0.220 e. The van der Waals surface area contributed by atoms with Crippen molar-refractivity contribution in [3.05, 3.63) is 70.8 Å². The average Bonchev–Trinajstić information content (AvgIpc) is 2.72. The van der Waals surface area contributed by atoms with Gasteiger partial charge in [0.05, 0.1) is 11.6 Å². The number of rotatable bonds is 7. The predicted octanol–water partition coefficient (Wildman–Crippen LogP) is 4.04. The minimum Gasteiger partial charge on any atom is -0.352 e. The predicted molar refractivity (Wildman–Crippen MR) is 111 cm³/mol. The Morgan fingerprint density at radius 2 is 1.79 bits per heavy atom. The van der Waals surface area contributed by atoms with Gasteiger partial charge in [0, 0.05) is 26.1 Å². The van der Waals surface area contributed by atoms with Gasteiger partial charge in [0.15, 0.2) is 0 Å². The molecule has 2 aromatic rings. The number of hydrogen-bond acceptors (Lipinski definition) is 3. The molecule has 0 bridgehead atoms. The van der Waals surface area contributed by atoms with Gasteiger partial charge in [-0.15, -0.1) is 0 Å². The summed E-state index contributed by atoms with van der Waals surface area (Å²) in [6, 6.07) is 18.1. The highest BCUT2D eigenvalue weighted by molar-refractivity contribution is 5.76. The van der Waals surface area contributed by atoms with Crippen LogP contribution in [0.15, 0.2) is 48.5 Å². The van der Waals surface area contributed by atoms with Crippen LogP contribution in [0.1, 0.15) is 48.4 Å². The molecule has 1 unspecified atom stereocenters. The van der Waals surface area contributed by atoms with Crippen LogP contribution in [0.25, 0.3) is 0 Å². The van der Waals surface area contributed by atoms with Gasteiger partial charge in [-0.25, -0.2) is 0 Å². The molecule has 4 heteroatoms. The molecule has 1 atom stereocenters. The first-order chi connectivity index (χ1) is 13.6. The molecule has 146 valence electrons. The van der Waals surface area contributed by atoms with Crippen molar-refractivity contribution in [2.75, 3.05) is 13.1 Å². The molecule has 0 saturated carbocycles. The molecule has 28 heavy (non-hydrogen) atoms. The summed E-state index contributed by atoms with van der Waals surface area (Å²) in [5, 5.41) is 11.8. The SMILES string of the molecule is CC1CCCN(Cc2ccc(CNC(=O)CCc3ccc(C#N)cc3)cc2)C1. The van der Waals surface area contributed by atoms with E-state index in [1.165, 1.54) is 31.5 Å². The Balaban J connectivity index is 1.40. The van der Waals surface area contributed by atoms with E-state index in [0.717, 1.165) is 23.6 Å². The van der Waals surface area contributed by atoms with E-state index >= 15 is 0 Å². The fourth-order valence-electron chi connectivity index (χ4n) is 3.74. The first kappa shape index (κ1) is 20.1. The number of aryl methyl sites for hydroxylation is 1. The summed E-state index contributed by atoms with van der Waals surface area (Å²) in [5.41, 5.74) is 4.18. The quantitative estimate of drug-likeness (QED) is 0.795. The fourth-order valence-corrected chi connectivity index (χ4v) is 3.74. The number of piperidine rings is 1. The van der Waals surface area contributed by atoms with Gasteiger partial charge in [-0.2, -0.15) is 5.26 Å². The first-order valence-electron chi connectivity index (χ1n) is 10.2. The number of nitrogens with zero attached hydrogens (tertiary/aromatic N) is 2. The van der Waals surface area contributed by atoms with Gasteiger partial charge in [-0.3, -0.25) is 9.69 Å². The molecule has 3 rings (SSSR count). The summed E-state index contributed by atoms with van der Waals surface area (Å²) in [6.45, 7) is 6.30. The Morgan fingerprint density at radius 3 is 2.46 bits per heavy atom. The summed E-state index contributed by atoms with van der Waals surface area (Å²) in [6.07, 6.45) is 3.79. The lowest BCUT2D eigenvalue weighted by atomic mass is 9.99. The van der Waals surface area contributed by atoms with Gasteiger partial charge in [0.1, 0.15) is 0 Å². The monoisotopic (exact) mass is 375 g/mol. The lowest BCUT2D eigenvalue weighted by Gasteiger charge is -2.30. The van der Waals surface area contributed by atoms with E-state index in [9.17, 15) is 4.79 Å². The zero-order chi connectivity index (χ0) is 19.8. The largest absolute Gasteiger partial charge is 0.352 e. The summed E-state index contributed by atoms with van der Waals surface area (Å²) >= 11 is 0. The minimum atomic E-state index is 0.0516. The van der Waals surface area contributed by atoms with Crippen molar-refractivity contribution in [1.82, 2.24) is 10.2 Å². The van der Waals surface area contributed by atoms with Gasteiger partial charge in [0.2, 0.25) is 5.91 Å². The van der Waals surface area contributed by atoms with Crippen molar-refractivity contribution in [2.45, 2.75) is 45.7 Å². The highest BCUT2D eigenvalue weighted by atomic mass is 16.1. The van der Waals surface area contributed by atoms with E-state index in [4.69, 9.17) is 5.26 Å². The van der Waals surface area contributed by atoms with E-state index < -0.39 is 0 Å². The van der Waals surface area contributed by atoms with Crippen molar-refractivity contribution < 1.29 is 4.79 Å². The highest BCUT2D eigenvalue weighted by Gasteiger charge is 2.16. The summed E-state index contributed by atoms with van der Waals surface area (Å²) in [7, 11) is 0. The smallest absolute Gasteiger partial charge is 0.220 e. The molecule has 1 amide bonds. The standard InChI is InChI=1S/C24H29N3O/c1-19-3-2-14-27(17-19)18-23-10-8-22(9-11-23)16-26-24(28)13-12-20-4-6-21(15-25)7-5-20/h4-11,19H,2-3,12-14,16-18H2,1H3,(H,26,28). The topological polar surface area (TPSA) is 56.1 Å². The summed E-state index contributed by atoms with van der Waals surface area (Å²) in [4.78, 5) is 14.6. The van der Waals surface area contributed by atoms with Crippen LogP contribution in [0.4, 0.5) is 0 Å². The van der Waals surface area contributed by atoms with Gasteiger partial charge in [0.25, 0.3) is 0 Å². The molecule has 1 aliphatic heterocycles. The van der Waals surface area contributed by atoms with Crippen molar-refractivity contribution in [1.29, 1.82) is 5.26 Å². The molecule has 0 aliphatic carbocycles. The second-order valence-corrected chi connectivity index (χ2v) is 7.88. The summed E-state index contributed by atoms with van der Waals surface area (Å²) < 4.78 is 0. The van der Waals surface area contributed by atoms with E-state index in [1.54, 1.807) is 12.1 Å². The number of carbonyl (C=O) groups excluding carboxylic acids is 1. The number of carbonyl (C=O) groups is 1. The first-order valence-corrected chi connectivity index (χ1v) is 10.2. The molecule has 4 nitrogen and oxygen atoms in total. The molecule has 1 fully saturated rings. The third kappa shape index (κ3) is 6.21. The second-order valence-electron chi connectivity index (χ2n) is 7.88. The Morgan fingerprint density at radius 1 is 1.11 bits per heavy atom. The minimum absolute atomic E-state index is 0.0516. The van der Waals surface area contributed by atoms with Gasteiger partial charge < -0.3 is 5.32 Å². The van der Waals surface area contributed by atoms with Crippen LogP contribution in [0.3, 0.4) is 0 Å². The Hall–Kier alpha value is -2.64. The molecular weight excluding hydrogens is 346 g/mol. The normalized spacial score (nSPS) is 17.1. The van der Waals surface area contributed by atoms with Crippen LogP contribution in [0, 0.1) is 17.2 Å². The van der Waals surface area contributed by atoms with Crippen molar-refractivity contribution >= 4 is 5.91 Å². The maximum atomic E-state index is 12.1. The van der Waals surface area contributed by atoms with Crippen LogP contribution in [0.5, 0.6) is 0 Å². The van der Waals surface area contributed by atoms with Gasteiger partial charge >= 0.3 is 0 Å². The number of nitrogens with one attached hydrogen (secondary N) is 1. The van der Waals surface area contributed by atoms with Crippen molar-refractivity contribution in [3.63, 3.8) is 0 Å². The average molecular weight is 376 g/mol. The van der Waals surface area contributed by atoms with Crippen LogP contribution < -0.4 is 5.32 Å². The molecule has 1 heterocycles. The van der Waals surface area contributed by atoms with Crippen LogP contribution >= 0.6 is 0 Å². The molecule has 1 N–H and O–H groups in total. The Labute approximate surface area is 168 Å². The molecule has 2 aromatic carbocycles. The number of amides is 1. The third-order valence-electron chi connectivity index (χ3n) is 5.38. The maximum absolute atomic E-state index is 12.1. The molecule has 1 saturated heterocycles. The Bertz CT molecular complexity index is 805. The number of hydrogen-bond donors (Lipinski definition) is 1. The van der Waals surface area contributed by atoms with Crippen LogP contribution in [-0.2, 0) is 24.3 Å². The number of benzene rings is 2. The zero-order valence-electron chi connectivity index (χ0n) is 16.7. The van der Waals surface area contributed by atoms with Gasteiger partial charge in [-0.1, -0.05) is 43.3 Å².